The molecule has 0 aromatic heterocycles. The van der Waals surface area contributed by atoms with E-state index >= 15 is 0 Å². The fourth-order valence-electron chi connectivity index (χ4n) is 2.39. The third-order valence-corrected chi connectivity index (χ3v) is 5.82. The summed E-state index contributed by atoms with van der Waals surface area (Å²) in [6.07, 6.45) is 2.12. The third-order valence-electron chi connectivity index (χ3n) is 4.01. The summed E-state index contributed by atoms with van der Waals surface area (Å²) in [5, 5.41) is 8.80. The van der Waals surface area contributed by atoms with Crippen molar-refractivity contribution in [1.29, 1.82) is 0 Å². The number of hydrogen-bond acceptors (Lipinski definition) is 3. The van der Waals surface area contributed by atoms with Crippen LogP contribution in [0.2, 0.25) is 0 Å². The number of aliphatic hydroxyl groups excluding tert-OH is 1. The molecule has 28 heavy (non-hydrogen) atoms. The van der Waals surface area contributed by atoms with Gasteiger partial charge in [-0.2, -0.15) is 4.31 Å². The molecule has 0 aliphatic heterocycles. The number of unbranched alkanes of at least 4 members (excludes halogenated alkanes) is 2. The highest BCUT2D eigenvalue weighted by Gasteiger charge is 2.22. The molecule has 4 nitrogen and oxygen atoms in total. The number of aryl methyl sites for hydroxylation is 1. The lowest BCUT2D eigenvalue weighted by atomic mass is 10.2. The molecule has 0 bridgehead atoms. The van der Waals surface area contributed by atoms with Gasteiger partial charge in [0.15, 0.2) is 0 Å². The largest absolute Gasteiger partial charge is 0.396 e. The summed E-state index contributed by atoms with van der Waals surface area (Å²) in [6.45, 7) is 2.21. The van der Waals surface area contributed by atoms with Crippen molar-refractivity contribution in [2.24, 2.45) is 0 Å². The van der Waals surface area contributed by atoms with E-state index in [-0.39, 0.29) is 24.6 Å². The SMILES string of the molecule is Cc1ccc(S(=O)(=O)N(CC#CCCCCO)CC#Cc2ccccc2)cc1. The van der Waals surface area contributed by atoms with E-state index in [4.69, 9.17) is 5.11 Å². The van der Waals surface area contributed by atoms with Crippen LogP contribution in [0.5, 0.6) is 0 Å². The first-order valence-electron chi connectivity index (χ1n) is 9.21. The van der Waals surface area contributed by atoms with Gasteiger partial charge in [-0.05, 0) is 44.0 Å². The molecule has 0 heterocycles. The maximum atomic E-state index is 13.0. The zero-order valence-electron chi connectivity index (χ0n) is 16.1. The molecule has 2 rings (SSSR count). The Morgan fingerprint density at radius 3 is 2.25 bits per heavy atom. The molecule has 0 aliphatic carbocycles. The molecule has 0 radical (unpaired) electrons. The lowest BCUT2D eigenvalue weighted by molar-refractivity contribution is 0.285. The Bertz CT molecular complexity index is 960. The van der Waals surface area contributed by atoms with Crippen LogP contribution in [0.1, 0.15) is 30.4 Å². The van der Waals surface area contributed by atoms with Crippen LogP contribution in [0.4, 0.5) is 0 Å². The van der Waals surface area contributed by atoms with Gasteiger partial charge in [-0.15, -0.1) is 5.92 Å². The molecule has 0 saturated heterocycles. The maximum Gasteiger partial charge on any atom is 0.244 e. The van der Waals surface area contributed by atoms with E-state index < -0.39 is 10.0 Å². The first-order valence-corrected chi connectivity index (χ1v) is 10.7. The van der Waals surface area contributed by atoms with Crippen LogP contribution in [-0.2, 0) is 10.0 Å². The Morgan fingerprint density at radius 2 is 1.57 bits per heavy atom. The van der Waals surface area contributed by atoms with Crippen molar-refractivity contribution in [3.8, 4) is 23.7 Å². The van der Waals surface area contributed by atoms with Gasteiger partial charge in [0.05, 0.1) is 18.0 Å². The fourth-order valence-corrected chi connectivity index (χ4v) is 3.64. The molecule has 146 valence electrons. The van der Waals surface area contributed by atoms with Crippen molar-refractivity contribution in [3.63, 3.8) is 0 Å². The molecule has 0 atom stereocenters. The molecular formula is C23H25NO3S. The topological polar surface area (TPSA) is 57.6 Å². The molecular weight excluding hydrogens is 370 g/mol. The van der Waals surface area contributed by atoms with Gasteiger partial charge in [0.2, 0.25) is 10.0 Å². The maximum absolute atomic E-state index is 13.0. The second-order valence-electron chi connectivity index (χ2n) is 6.29. The quantitative estimate of drug-likeness (QED) is 0.579. The van der Waals surface area contributed by atoms with Crippen molar-refractivity contribution in [1.82, 2.24) is 4.31 Å². The van der Waals surface area contributed by atoms with Gasteiger partial charge in [0.1, 0.15) is 0 Å². The first kappa shape index (κ1) is 21.7. The summed E-state index contributed by atoms with van der Waals surface area (Å²) < 4.78 is 27.3. The summed E-state index contributed by atoms with van der Waals surface area (Å²) in [5.41, 5.74) is 1.84. The lowest BCUT2D eigenvalue weighted by Crippen LogP contribution is -2.32. The summed E-state index contributed by atoms with van der Waals surface area (Å²) in [6, 6.07) is 16.2. The normalized spacial score (nSPS) is 10.7. The van der Waals surface area contributed by atoms with Gasteiger partial charge in [0, 0.05) is 18.6 Å². The second kappa shape index (κ2) is 11.3. The molecule has 2 aromatic rings. The number of nitrogens with zero attached hydrogens (tertiary/aromatic N) is 1. The number of benzene rings is 2. The molecule has 0 unspecified atom stereocenters. The van der Waals surface area contributed by atoms with Crippen molar-refractivity contribution < 1.29 is 13.5 Å². The van der Waals surface area contributed by atoms with Gasteiger partial charge < -0.3 is 5.11 Å². The van der Waals surface area contributed by atoms with Gasteiger partial charge in [-0.1, -0.05) is 53.7 Å². The van der Waals surface area contributed by atoms with Gasteiger partial charge in [0.25, 0.3) is 0 Å². The highest BCUT2D eigenvalue weighted by Crippen LogP contribution is 2.16. The number of aliphatic hydroxyl groups is 1. The molecule has 2 aromatic carbocycles. The molecule has 0 aliphatic rings. The van der Waals surface area contributed by atoms with Crippen molar-refractivity contribution >= 4 is 10.0 Å². The van der Waals surface area contributed by atoms with Gasteiger partial charge >= 0.3 is 0 Å². The summed E-state index contributed by atoms with van der Waals surface area (Å²) in [7, 11) is -3.68. The fraction of sp³-hybridized carbons (Fsp3) is 0.304. The zero-order valence-corrected chi connectivity index (χ0v) is 16.9. The molecule has 0 fully saturated rings. The second-order valence-corrected chi connectivity index (χ2v) is 8.23. The highest BCUT2D eigenvalue weighted by atomic mass is 32.2. The number of hydrogen-bond donors (Lipinski definition) is 1. The average Bonchev–Trinajstić information content (AvgIpc) is 2.70. The monoisotopic (exact) mass is 395 g/mol. The minimum atomic E-state index is -3.68. The van der Waals surface area contributed by atoms with E-state index in [2.05, 4.69) is 23.7 Å². The van der Waals surface area contributed by atoms with Crippen molar-refractivity contribution in [2.45, 2.75) is 31.1 Å². The molecule has 0 spiro atoms. The Hall–Kier alpha value is -2.57. The van der Waals surface area contributed by atoms with E-state index in [0.717, 1.165) is 17.5 Å². The van der Waals surface area contributed by atoms with Crippen LogP contribution in [-0.4, -0.2) is 37.5 Å². The van der Waals surface area contributed by atoms with Crippen LogP contribution in [0.3, 0.4) is 0 Å². The minimum absolute atomic E-state index is 0.0659. The zero-order chi connectivity index (χ0) is 20.2. The molecule has 0 amide bonds. The predicted octanol–water partition coefficient (Wildman–Crippen LogP) is 3.20. The van der Waals surface area contributed by atoms with E-state index in [1.807, 2.05) is 37.3 Å². The van der Waals surface area contributed by atoms with Crippen LogP contribution < -0.4 is 0 Å². The van der Waals surface area contributed by atoms with E-state index in [0.29, 0.717) is 12.8 Å². The molecule has 1 N–H and O–H groups in total. The Labute approximate surface area is 168 Å². The van der Waals surface area contributed by atoms with Crippen LogP contribution in [0, 0.1) is 30.6 Å². The van der Waals surface area contributed by atoms with Gasteiger partial charge in [-0.3, -0.25) is 0 Å². The van der Waals surface area contributed by atoms with Crippen LogP contribution in [0.15, 0.2) is 59.5 Å². The molecule has 0 saturated carbocycles. The minimum Gasteiger partial charge on any atom is -0.396 e. The average molecular weight is 396 g/mol. The first-order chi connectivity index (χ1) is 13.5. The Balaban J connectivity index is 2.17. The van der Waals surface area contributed by atoms with Crippen molar-refractivity contribution in [2.75, 3.05) is 19.7 Å². The van der Waals surface area contributed by atoms with E-state index in [1.54, 1.807) is 24.3 Å². The summed E-state index contributed by atoms with van der Waals surface area (Å²) in [4.78, 5) is 0.238. The third kappa shape index (κ3) is 6.87. The predicted molar refractivity (Wildman–Crippen MR) is 112 cm³/mol. The Kier molecular flexibility index (Phi) is 8.78. The molecule has 5 heteroatoms. The van der Waals surface area contributed by atoms with Crippen LogP contribution in [0.25, 0.3) is 0 Å². The lowest BCUT2D eigenvalue weighted by Gasteiger charge is -2.17. The van der Waals surface area contributed by atoms with Gasteiger partial charge in [-0.25, -0.2) is 8.42 Å². The Morgan fingerprint density at radius 1 is 0.893 bits per heavy atom. The van der Waals surface area contributed by atoms with E-state index in [9.17, 15) is 8.42 Å². The van der Waals surface area contributed by atoms with Crippen molar-refractivity contribution in [3.05, 3.63) is 65.7 Å². The standard InChI is InChI=1S/C23H25NO3S/c1-21-14-16-23(17-15-21)28(26,27)24(18-8-3-2-4-9-20-25)19-10-13-22-11-6-5-7-12-22/h5-7,11-12,14-17,25H,2,4,9,18-20H2,1H3. The van der Waals surface area contributed by atoms with E-state index in [1.165, 1.54) is 4.31 Å². The number of sulfonamides is 1. The summed E-state index contributed by atoms with van der Waals surface area (Å²) in [5.74, 6) is 11.8. The number of rotatable bonds is 7. The summed E-state index contributed by atoms with van der Waals surface area (Å²) >= 11 is 0. The highest BCUT2D eigenvalue weighted by molar-refractivity contribution is 7.89. The smallest absolute Gasteiger partial charge is 0.244 e. The van der Waals surface area contributed by atoms with Crippen LogP contribution >= 0.6 is 0 Å².